The van der Waals surface area contributed by atoms with Crippen molar-refractivity contribution in [1.82, 2.24) is 0 Å². The van der Waals surface area contributed by atoms with Gasteiger partial charge < -0.3 is 5.11 Å². The number of allylic oxidation sites excluding steroid dienone is 7. The molecule has 92 valence electrons. The lowest BCUT2D eigenvalue weighted by Gasteiger charge is -2.33. The number of hydrogen-bond acceptors (Lipinski definition) is 1. The summed E-state index contributed by atoms with van der Waals surface area (Å²) in [7, 11) is 0. The van der Waals surface area contributed by atoms with Crippen LogP contribution in [-0.4, -0.2) is 5.11 Å². The molecule has 1 heteroatoms. The van der Waals surface area contributed by atoms with Crippen molar-refractivity contribution in [2.24, 2.45) is 17.8 Å². The number of aliphatic hydroxyl groups excluding tert-OH is 1. The first-order chi connectivity index (χ1) is 8.16. The van der Waals surface area contributed by atoms with Crippen LogP contribution in [0.4, 0.5) is 0 Å². The van der Waals surface area contributed by atoms with Crippen molar-refractivity contribution < 1.29 is 5.11 Å². The number of aliphatic hydroxyl groups is 1. The molecule has 1 saturated carbocycles. The molecular formula is C16H22O. The van der Waals surface area contributed by atoms with Gasteiger partial charge >= 0.3 is 0 Å². The molecule has 1 nitrogen and oxygen atoms in total. The van der Waals surface area contributed by atoms with E-state index < -0.39 is 0 Å². The topological polar surface area (TPSA) is 20.2 Å². The fraction of sp³-hybridized carbons (Fsp3) is 0.500. The van der Waals surface area contributed by atoms with Gasteiger partial charge in [-0.25, -0.2) is 0 Å². The molecule has 3 unspecified atom stereocenters. The van der Waals surface area contributed by atoms with Gasteiger partial charge in [0.25, 0.3) is 0 Å². The van der Waals surface area contributed by atoms with Crippen LogP contribution < -0.4 is 0 Å². The highest BCUT2D eigenvalue weighted by molar-refractivity contribution is 5.34. The van der Waals surface area contributed by atoms with E-state index in [9.17, 15) is 5.11 Å². The third-order valence-corrected chi connectivity index (χ3v) is 4.00. The van der Waals surface area contributed by atoms with Crippen molar-refractivity contribution in [2.75, 3.05) is 0 Å². The first-order valence-corrected chi connectivity index (χ1v) is 6.62. The average molecular weight is 230 g/mol. The van der Waals surface area contributed by atoms with E-state index in [1.165, 1.54) is 24.8 Å². The molecule has 0 heterocycles. The molecule has 0 radical (unpaired) electrons. The van der Waals surface area contributed by atoms with Crippen LogP contribution in [0.15, 0.2) is 47.8 Å². The van der Waals surface area contributed by atoms with E-state index in [4.69, 9.17) is 0 Å². The van der Waals surface area contributed by atoms with Crippen molar-refractivity contribution in [3.8, 4) is 0 Å². The van der Waals surface area contributed by atoms with E-state index in [0.29, 0.717) is 11.7 Å². The number of hydrogen-bond donors (Lipinski definition) is 1. The van der Waals surface area contributed by atoms with Crippen LogP contribution in [0.5, 0.6) is 0 Å². The molecule has 17 heavy (non-hydrogen) atoms. The molecule has 0 amide bonds. The van der Waals surface area contributed by atoms with Gasteiger partial charge in [-0.2, -0.15) is 0 Å². The largest absolute Gasteiger partial charge is 0.508 e. The van der Waals surface area contributed by atoms with Gasteiger partial charge in [0, 0.05) is 0 Å². The molecule has 0 aromatic heterocycles. The van der Waals surface area contributed by atoms with Crippen LogP contribution in [0.3, 0.4) is 0 Å². The van der Waals surface area contributed by atoms with Crippen LogP contribution in [0, 0.1) is 17.8 Å². The van der Waals surface area contributed by atoms with E-state index in [1.54, 1.807) is 12.2 Å². The van der Waals surface area contributed by atoms with Crippen molar-refractivity contribution in [1.29, 1.82) is 0 Å². The van der Waals surface area contributed by atoms with Crippen molar-refractivity contribution in [3.63, 3.8) is 0 Å². The first kappa shape index (κ1) is 12.2. The summed E-state index contributed by atoms with van der Waals surface area (Å²) in [5.74, 6) is 2.55. The summed E-state index contributed by atoms with van der Waals surface area (Å²) in [6.07, 6.45) is 15.7. The summed E-state index contributed by atoms with van der Waals surface area (Å²) in [4.78, 5) is 0. The summed E-state index contributed by atoms with van der Waals surface area (Å²) in [5.41, 5.74) is 1.36. The zero-order chi connectivity index (χ0) is 12.3. The van der Waals surface area contributed by atoms with E-state index >= 15 is 0 Å². The van der Waals surface area contributed by atoms with Gasteiger partial charge in [-0.3, -0.25) is 0 Å². The summed E-state index contributed by atoms with van der Waals surface area (Å²) in [6.45, 7) is 4.70. The van der Waals surface area contributed by atoms with Gasteiger partial charge in [0.15, 0.2) is 0 Å². The fourth-order valence-electron chi connectivity index (χ4n) is 2.86. The normalized spacial score (nSPS) is 33.6. The predicted octanol–water partition coefficient (Wildman–Crippen LogP) is 4.55. The molecule has 0 aromatic carbocycles. The summed E-state index contributed by atoms with van der Waals surface area (Å²) in [5, 5.41) is 9.54. The standard InChI is InChI=1S/C16H22O/c1-12-7-8-13(2)16(11-12)14-5-3-4-6-15(17)10-9-14/h3-6,9-10,12-13,16-17H,7-8,11H2,1-2H3. The van der Waals surface area contributed by atoms with Crippen molar-refractivity contribution in [2.45, 2.75) is 33.1 Å². The molecule has 0 spiro atoms. The van der Waals surface area contributed by atoms with Gasteiger partial charge in [-0.15, -0.1) is 0 Å². The smallest absolute Gasteiger partial charge is 0.115 e. The van der Waals surface area contributed by atoms with Gasteiger partial charge in [0.1, 0.15) is 5.76 Å². The van der Waals surface area contributed by atoms with Crippen molar-refractivity contribution >= 4 is 0 Å². The van der Waals surface area contributed by atoms with Crippen LogP contribution in [0.1, 0.15) is 33.1 Å². The van der Waals surface area contributed by atoms with Gasteiger partial charge in [0.2, 0.25) is 0 Å². The minimum absolute atomic E-state index is 0.336. The Morgan fingerprint density at radius 2 is 1.82 bits per heavy atom. The Bertz CT molecular complexity index is 384. The molecule has 0 bridgehead atoms. The minimum atomic E-state index is 0.336. The van der Waals surface area contributed by atoms with Gasteiger partial charge in [-0.05, 0) is 48.3 Å². The lowest BCUT2D eigenvalue weighted by molar-refractivity contribution is 0.237. The quantitative estimate of drug-likeness (QED) is 0.700. The highest BCUT2D eigenvalue weighted by Crippen LogP contribution is 2.38. The second-order valence-electron chi connectivity index (χ2n) is 5.48. The Balaban J connectivity index is 2.20. The third-order valence-electron chi connectivity index (χ3n) is 4.00. The van der Waals surface area contributed by atoms with Crippen molar-refractivity contribution in [3.05, 3.63) is 47.8 Å². The summed E-state index contributed by atoms with van der Waals surface area (Å²) >= 11 is 0. The van der Waals surface area contributed by atoms with Gasteiger partial charge in [-0.1, -0.05) is 44.6 Å². The molecule has 2 rings (SSSR count). The van der Waals surface area contributed by atoms with Crippen LogP contribution in [0.25, 0.3) is 0 Å². The molecular weight excluding hydrogens is 208 g/mol. The average Bonchev–Trinajstić information content (AvgIpc) is 2.28. The molecule has 0 aromatic rings. The lowest BCUT2D eigenvalue weighted by atomic mass is 9.72. The van der Waals surface area contributed by atoms with E-state index in [0.717, 1.165) is 11.8 Å². The lowest BCUT2D eigenvalue weighted by Crippen LogP contribution is -2.22. The maximum atomic E-state index is 9.54. The fourth-order valence-corrected chi connectivity index (χ4v) is 2.86. The maximum Gasteiger partial charge on any atom is 0.115 e. The van der Waals surface area contributed by atoms with Gasteiger partial charge in [0.05, 0.1) is 0 Å². The second-order valence-corrected chi connectivity index (χ2v) is 5.48. The molecule has 1 fully saturated rings. The zero-order valence-corrected chi connectivity index (χ0v) is 10.8. The highest BCUT2D eigenvalue weighted by Gasteiger charge is 2.27. The highest BCUT2D eigenvalue weighted by atomic mass is 16.3. The molecule has 2 aliphatic carbocycles. The second kappa shape index (κ2) is 5.39. The molecule has 0 aliphatic heterocycles. The first-order valence-electron chi connectivity index (χ1n) is 6.62. The van der Waals surface area contributed by atoms with Crippen LogP contribution in [-0.2, 0) is 0 Å². The van der Waals surface area contributed by atoms with E-state index in [-0.39, 0.29) is 0 Å². The Morgan fingerprint density at radius 3 is 2.65 bits per heavy atom. The molecule has 1 N–H and O–H groups in total. The van der Waals surface area contributed by atoms with E-state index in [2.05, 4.69) is 26.0 Å². The SMILES string of the molecule is CC1CCC(C)C(C2=CC=C(O)C=CC=C2)C1. The van der Waals surface area contributed by atoms with Crippen LogP contribution >= 0.6 is 0 Å². The summed E-state index contributed by atoms with van der Waals surface area (Å²) < 4.78 is 0. The Labute approximate surface area is 104 Å². The number of rotatable bonds is 1. The predicted molar refractivity (Wildman–Crippen MR) is 72.7 cm³/mol. The Morgan fingerprint density at radius 1 is 1.06 bits per heavy atom. The van der Waals surface area contributed by atoms with Crippen LogP contribution in [0.2, 0.25) is 0 Å². The third kappa shape index (κ3) is 3.12. The molecule has 3 atom stereocenters. The molecule has 2 aliphatic rings. The summed E-state index contributed by atoms with van der Waals surface area (Å²) in [6, 6.07) is 0. The van der Waals surface area contributed by atoms with E-state index in [1.807, 2.05) is 12.2 Å². The molecule has 0 saturated heterocycles. The monoisotopic (exact) mass is 230 g/mol. The minimum Gasteiger partial charge on any atom is -0.508 e. The zero-order valence-electron chi connectivity index (χ0n) is 10.8. The Kier molecular flexibility index (Phi) is 3.88. The Hall–Kier alpha value is -1.24. The maximum absolute atomic E-state index is 9.54.